The molecule has 1 N–H and O–H groups in total. The highest BCUT2D eigenvalue weighted by Crippen LogP contribution is 2.48. The van der Waals surface area contributed by atoms with Gasteiger partial charge in [0.05, 0.1) is 45.4 Å². The van der Waals surface area contributed by atoms with E-state index in [4.69, 9.17) is 18.9 Å². The van der Waals surface area contributed by atoms with Crippen molar-refractivity contribution in [1.29, 1.82) is 0 Å². The summed E-state index contributed by atoms with van der Waals surface area (Å²) in [5.41, 5.74) is -0.583. The van der Waals surface area contributed by atoms with Crippen LogP contribution in [0.2, 0.25) is 0 Å². The molecule has 0 amide bonds. The number of methoxy groups -OCH3 is 3. The predicted molar refractivity (Wildman–Crippen MR) is 101 cm³/mol. The third-order valence-electron chi connectivity index (χ3n) is 4.03. The molecule has 158 valence electrons. The van der Waals surface area contributed by atoms with Crippen molar-refractivity contribution in [3.8, 4) is 28.4 Å². The van der Waals surface area contributed by atoms with E-state index in [0.29, 0.717) is 5.75 Å². The fourth-order valence-electron chi connectivity index (χ4n) is 2.91. The minimum atomic E-state index is -3.00. The summed E-state index contributed by atoms with van der Waals surface area (Å²) in [6.07, 6.45) is -1.82. The van der Waals surface area contributed by atoms with E-state index in [9.17, 15) is 13.6 Å². The normalized spacial score (nSPS) is 11.0. The minimum Gasteiger partial charge on any atom is -0.493 e. The molecular weight excluding hydrogens is 390 g/mol. The molecule has 0 bridgehead atoms. The molecule has 1 aromatic heterocycles. The Hall–Kier alpha value is -3.30. The van der Waals surface area contributed by atoms with Gasteiger partial charge in [-0.05, 0) is 19.1 Å². The zero-order chi connectivity index (χ0) is 21.6. The molecule has 2 rings (SSSR count). The molecule has 0 aliphatic carbocycles. The van der Waals surface area contributed by atoms with Crippen LogP contribution in [0, 0.1) is 0 Å². The van der Waals surface area contributed by atoms with Gasteiger partial charge in [-0.1, -0.05) is 5.16 Å². The number of esters is 1. The molecule has 0 saturated heterocycles. The quantitative estimate of drug-likeness (QED) is 0.383. The molecule has 0 saturated carbocycles. The summed E-state index contributed by atoms with van der Waals surface area (Å²) >= 11 is 0. The number of oxime groups is 1. The van der Waals surface area contributed by atoms with Crippen LogP contribution in [0.5, 0.6) is 17.2 Å². The third kappa shape index (κ3) is 4.25. The van der Waals surface area contributed by atoms with Gasteiger partial charge in [-0.3, -0.25) is 0 Å². The summed E-state index contributed by atoms with van der Waals surface area (Å²) in [6, 6.07) is 3.06. The van der Waals surface area contributed by atoms with Gasteiger partial charge in [0.2, 0.25) is 5.75 Å². The van der Waals surface area contributed by atoms with E-state index in [2.05, 4.69) is 15.0 Å². The Balaban J connectivity index is 2.89. The minimum absolute atomic E-state index is 0.00153. The van der Waals surface area contributed by atoms with Crippen LogP contribution in [0.1, 0.15) is 35.1 Å². The Morgan fingerprint density at radius 1 is 1.14 bits per heavy atom. The number of ether oxygens (including phenoxy) is 4. The van der Waals surface area contributed by atoms with Gasteiger partial charge in [0, 0.05) is 11.1 Å². The van der Waals surface area contributed by atoms with Crippen molar-refractivity contribution in [2.24, 2.45) is 5.16 Å². The van der Waals surface area contributed by atoms with E-state index in [1.807, 2.05) is 0 Å². The first-order valence-electron chi connectivity index (χ1n) is 8.51. The maximum atomic E-state index is 14.1. The highest BCUT2D eigenvalue weighted by atomic mass is 19.3. The van der Waals surface area contributed by atoms with Gasteiger partial charge in [0.15, 0.2) is 11.5 Å². The van der Waals surface area contributed by atoms with E-state index in [1.165, 1.54) is 40.7 Å². The number of H-pyrrole nitrogens is 1. The maximum absolute atomic E-state index is 14.1. The Morgan fingerprint density at radius 3 is 2.34 bits per heavy atom. The second-order valence-electron chi connectivity index (χ2n) is 5.52. The van der Waals surface area contributed by atoms with Crippen LogP contribution in [0.25, 0.3) is 11.1 Å². The predicted octanol–water partition coefficient (Wildman–Crippen LogP) is 3.80. The van der Waals surface area contributed by atoms with Crippen molar-refractivity contribution in [2.45, 2.75) is 13.3 Å². The van der Waals surface area contributed by atoms with E-state index in [0.717, 1.165) is 0 Å². The molecule has 0 unspecified atom stereocenters. The molecule has 8 nitrogen and oxygen atoms in total. The summed E-state index contributed by atoms with van der Waals surface area (Å²) in [4.78, 5) is 19.6. The van der Waals surface area contributed by atoms with Gasteiger partial charge in [-0.25, -0.2) is 13.6 Å². The number of rotatable bonds is 9. The van der Waals surface area contributed by atoms with E-state index < -0.39 is 18.0 Å². The van der Waals surface area contributed by atoms with Crippen LogP contribution in [-0.2, 0) is 9.57 Å². The smallest absolute Gasteiger partial charge is 0.355 e. The molecule has 0 spiro atoms. The monoisotopic (exact) mass is 412 g/mol. The first-order valence-corrected chi connectivity index (χ1v) is 8.51. The van der Waals surface area contributed by atoms with Gasteiger partial charge in [0.1, 0.15) is 12.8 Å². The topological polar surface area (TPSA) is 91.4 Å². The van der Waals surface area contributed by atoms with Crippen LogP contribution in [0.3, 0.4) is 0 Å². The van der Waals surface area contributed by atoms with Gasteiger partial charge >= 0.3 is 5.97 Å². The summed E-state index contributed by atoms with van der Waals surface area (Å²) in [5, 5.41) is 3.63. The van der Waals surface area contributed by atoms with Crippen molar-refractivity contribution in [3.63, 3.8) is 0 Å². The van der Waals surface area contributed by atoms with Crippen LogP contribution < -0.4 is 14.2 Å². The molecule has 1 aromatic carbocycles. The maximum Gasteiger partial charge on any atom is 0.355 e. The number of aromatic nitrogens is 1. The summed E-state index contributed by atoms with van der Waals surface area (Å²) in [5.74, 6) is -0.211. The highest BCUT2D eigenvalue weighted by molar-refractivity contribution is 6.00. The summed E-state index contributed by atoms with van der Waals surface area (Å²) in [7, 11) is 5.50. The number of carbonyl (C=O) groups is 1. The average Bonchev–Trinajstić information content (AvgIpc) is 3.10. The zero-order valence-corrected chi connectivity index (χ0v) is 16.7. The standard InChI is InChI=1S/C19H22F2N2O6/c1-6-29-19(24)15-14(18(20)21)13(11(23-15)9-22-28-5)10-7-8-12(25-2)17(27-4)16(10)26-3/h7-9,18,23H,6H2,1-5H3/b22-9+. The number of hydrogen-bond donors (Lipinski definition) is 1. The molecule has 0 atom stereocenters. The molecule has 0 radical (unpaired) electrons. The molecule has 29 heavy (non-hydrogen) atoms. The summed E-state index contributed by atoms with van der Waals surface area (Å²) < 4.78 is 49.0. The molecule has 1 heterocycles. The van der Waals surface area contributed by atoms with Gasteiger partial charge in [-0.15, -0.1) is 0 Å². The van der Waals surface area contributed by atoms with Gasteiger partial charge < -0.3 is 28.8 Å². The Morgan fingerprint density at radius 2 is 1.83 bits per heavy atom. The number of nitrogens with zero attached hydrogens (tertiary/aromatic N) is 1. The molecule has 0 aliphatic rings. The van der Waals surface area contributed by atoms with E-state index in [-0.39, 0.29) is 40.6 Å². The number of carbonyl (C=O) groups excluding carboxylic acids is 1. The lowest BCUT2D eigenvalue weighted by molar-refractivity contribution is 0.0509. The van der Waals surface area contributed by atoms with Gasteiger partial charge in [-0.2, -0.15) is 0 Å². The number of alkyl halides is 2. The largest absolute Gasteiger partial charge is 0.493 e. The van der Waals surface area contributed by atoms with Crippen LogP contribution in [0.15, 0.2) is 17.3 Å². The van der Waals surface area contributed by atoms with E-state index >= 15 is 0 Å². The third-order valence-corrected chi connectivity index (χ3v) is 4.03. The Bertz CT molecular complexity index is 895. The van der Waals surface area contributed by atoms with Crippen molar-refractivity contribution >= 4 is 12.2 Å². The highest BCUT2D eigenvalue weighted by Gasteiger charge is 2.32. The van der Waals surface area contributed by atoms with Crippen molar-refractivity contribution in [3.05, 3.63) is 29.1 Å². The fraction of sp³-hybridized carbons (Fsp3) is 0.368. The summed E-state index contributed by atoms with van der Waals surface area (Å²) in [6.45, 7) is 1.60. The van der Waals surface area contributed by atoms with Crippen molar-refractivity contribution in [2.75, 3.05) is 35.0 Å². The number of benzene rings is 1. The lowest BCUT2D eigenvalue weighted by atomic mass is 9.98. The van der Waals surface area contributed by atoms with Crippen LogP contribution in [0.4, 0.5) is 8.78 Å². The molecule has 0 fully saturated rings. The van der Waals surface area contributed by atoms with Crippen LogP contribution in [-0.4, -0.2) is 52.2 Å². The number of halogens is 2. The second-order valence-corrected chi connectivity index (χ2v) is 5.52. The number of aromatic amines is 1. The van der Waals surface area contributed by atoms with Crippen molar-refractivity contribution in [1.82, 2.24) is 4.98 Å². The Labute approximate surface area is 166 Å². The second kappa shape index (κ2) is 9.76. The number of nitrogens with one attached hydrogen (secondary N) is 1. The lowest BCUT2D eigenvalue weighted by Crippen LogP contribution is -2.08. The van der Waals surface area contributed by atoms with E-state index in [1.54, 1.807) is 13.0 Å². The molecular formula is C19H22F2N2O6. The zero-order valence-electron chi connectivity index (χ0n) is 16.7. The Kier molecular flexibility index (Phi) is 7.40. The van der Waals surface area contributed by atoms with Gasteiger partial charge in [0.25, 0.3) is 6.43 Å². The number of hydrogen-bond acceptors (Lipinski definition) is 7. The fourth-order valence-corrected chi connectivity index (χ4v) is 2.91. The molecule has 0 aliphatic heterocycles. The van der Waals surface area contributed by atoms with Crippen LogP contribution >= 0.6 is 0 Å². The molecule has 2 aromatic rings. The lowest BCUT2D eigenvalue weighted by Gasteiger charge is -2.17. The first kappa shape index (κ1) is 22.0. The van der Waals surface area contributed by atoms with Crippen molar-refractivity contribution < 1.29 is 37.4 Å². The SMILES string of the molecule is CCOC(=O)c1[nH]c(/C=N/OC)c(-c2ccc(OC)c(OC)c2OC)c1C(F)F. The first-order chi connectivity index (χ1) is 13.9. The molecule has 10 heteroatoms. The average molecular weight is 412 g/mol.